The molecule has 2 aliphatic heterocycles. The highest BCUT2D eigenvalue weighted by Gasteiger charge is 2.29. The molecule has 8 nitrogen and oxygen atoms in total. The molecule has 2 aliphatic rings. The van der Waals surface area contributed by atoms with Crippen LogP contribution in [0.25, 0.3) is 5.52 Å². The second-order valence-corrected chi connectivity index (χ2v) is 6.74. The quantitative estimate of drug-likeness (QED) is 0.768. The summed E-state index contributed by atoms with van der Waals surface area (Å²) in [6.07, 6.45) is 1.79. The maximum Gasteiger partial charge on any atom is 0.290 e. The zero-order chi connectivity index (χ0) is 18.1. The van der Waals surface area contributed by atoms with Crippen molar-refractivity contribution < 1.29 is 14.3 Å². The summed E-state index contributed by atoms with van der Waals surface area (Å²) in [6, 6.07) is 5.54. The van der Waals surface area contributed by atoms with E-state index in [0.717, 1.165) is 13.1 Å². The lowest BCUT2D eigenvalue weighted by molar-refractivity contribution is 0.0300. The number of nitrogens with zero attached hydrogens (tertiary/aromatic N) is 5. The largest absolute Gasteiger partial charge is 0.378 e. The Morgan fingerprint density at radius 2 is 1.65 bits per heavy atom. The van der Waals surface area contributed by atoms with Gasteiger partial charge in [-0.25, -0.2) is 4.98 Å². The number of piperazine rings is 1. The Morgan fingerprint density at radius 3 is 2.38 bits per heavy atom. The maximum atomic E-state index is 13.0. The van der Waals surface area contributed by atoms with Crippen LogP contribution >= 0.6 is 0 Å². The van der Waals surface area contributed by atoms with Crippen molar-refractivity contribution in [2.24, 2.45) is 0 Å². The van der Waals surface area contributed by atoms with Crippen LogP contribution in [0, 0.1) is 0 Å². The molecule has 2 aromatic rings. The van der Waals surface area contributed by atoms with Gasteiger partial charge in [-0.2, -0.15) is 0 Å². The number of morpholine rings is 1. The number of fused-ring (bicyclic) bond motifs is 1. The third-order valence-corrected chi connectivity index (χ3v) is 5.03. The molecule has 2 fully saturated rings. The topological polar surface area (TPSA) is 70.4 Å². The van der Waals surface area contributed by atoms with E-state index in [-0.39, 0.29) is 11.8 Å². The number of carbonyl (C=O) groups excluding carboxylic acids is 2. The van der Waals surface area contributed by atoms with Gasteiger partial charge in [0.1, 0.15) is 0 Å². The number of rotatable bonds is 2. The van der Waals surface area contributed by atoms with Crippen LogP contribution in [0.15, 0.2) is 24.4 Å². The molecule has 0 atom stereocenters. The minimum atomic E-state index is -0.144. The zero-order valence-electron chi connectivity index (χ0n) is 14.9. The number of imidazole rings is 1. The number of hydrogen-bond acceptors (Lipinski definition) is 5. The van der Waals surface area contributed by atoms with Crippen molar-refractivity contribution in [3.8, 4) is 0 Å². The fraction of sp³-hybridized carbons (Fsp3) is 0.500. The Labute approximate surface area is 151 Å². The molecule has 0 aromatic carbocycles. The van der Waals surface area contributed by atoms with Crippen LogP contribution in [0.5, 0.6) is 0 Å². The molecule has 0 radical (unpaired) electrons. The van der Waals surface area contributed by atoms with E-state index in [1.807, 2.05) is 30.1 Å². The number of amides is 2. The minimum Gasteiger partial charge on any atom is -0.378 e. The standard InChI is InChI=1S/C18H23N5O3/c1-20-6-8-21(9-7-20)18(25)16-19-15(14-4-2-3-5-23(14)16)17(24)22-10-12-26-13-11-22/h2-5H,6-13H2,1H3. The first-order valence-corrected chi connectivity index (χ1v) is 8.97. The van der Waals surface area contributed by atoms with Crippen molar-refractivity contribution in [2.45, 2.75) is 0 Å². The van der Waals surface area contributed by atoms with Crippen LogP contribution in [0.4, 0.5) is 0 Å². The lowest BCUT2D eigenvalue weighted by atomic mass is 10.3. The average molecular weight is 357 g/mol. The van der Waals surface area contributed by atoms with E-state index in [9.17, 15) is 9.59 Å². The van der Waals surface area contributed by atoms with E-state index >= 15 is 0 Å². The lowest BCUT2D eigenvalue weighted by Crippen LogP contribution is -2.47. The van der Waals surface area contributed by atoms with Gasteiger partial charge in [-0.15, -0.1) is 0 Å². The molecule has 0 spiro atoms. The Hall–Kier alpha value is -2.45. The Balaban J connectivity index is 1.67. The van der Waals surface area contributed by atoms with Crippen LogP contribution in [-0.2, 0) is 4.74 Å². The van der Waals surface area contributed by atoms with Gasteiger partial charge in [-0.3, -0.25) is 14.0 Å². The molecule has 0 saturated carbocycles. The molecular weight excluding hydrogens is 334 g/mol. The fourth-order valence-electron chi connectivity index (χ4n) is 3.41. The number of likely N-dealkylation sites (N-methyl/N-ethyl adjacent to an activating group) is 1. The molecule has 138 valence electrons. The summed E-state index contributed by atoms with van der Waals surface area (Å²) in [5.41, 5.74) is 1.01. The first-order valence-electron chi connectivity index (χ1n) is 8.97. The highest BCUT2D eigenvalue weighted by Crippen LogP contribution is 2.18. The lowest BCUT2D eigenvalue weighted by Gasteiger charge is -2.31. The Kier molecular flexibility index (Phi) is 4.60. The SMILES string of the molecule is CN1CCN(C(=O)c2nc(C(=O)N3CCOCC3)c3ccccn23)CC1. The molecule has 0 bridgehead atoms. The van der Waals surface area contributed by atoms with Gasteiger partial charge < -0.3 is 19.4 Å². The highest BCUT2D eigenvalue weighted by atomic mass is 16.5. The number of carbonyl (C=O) groups is 2. The predicted molar refractivity (Wildman–Crippen MR) is 95.3 cm³/mol. The van der Waals surface area contributed by atoms with Gasteiger partial charge >= 0.3 is 0 Å². The van der Waals surface area contributed by atoms with Gasteiger partial charge in [0.25, 0.3) is 11.8 Å². The smallest absolute Gasteiger partial charge is 0.290 e. The van der Waals surface area contributed by atoms with E-state index in [0.29, 0.717) is 56.4 Å². The van der Waals surface area contributed by atoms with Gasteiger partial charge in [-0.1, -0.05) is 6.07 Å². The van der Waals surface area contributed by atoms with Crippen LogP contribution in [-0.4, -0.2) is 95.4 Å². The molecule has 0 unspecified atom stereocenters. The van der Waals surface area contributed by atoms with Gasteiger partial charge in [0.15, 0.2) is 5.69 Å². The van der Waals surface area contributed by atoms with Crippen LogP contribution in [0.1, 0.15) is 21.1 Å². The molecule has 2 saturated heterocycles. The summed E-state index contributed by atoms with van der Waals surface area (Å²) in [6.45, 7) is 5.19. The van der Waals surface area contributed by atoms with Gasteiger partial charge in [0.2, 0.25) is 5.82 Å². The van der Waals surface area contributed by atoms with E-state index < -0.39 is 0 Å². The maximum absolute atomic E-state index is 13.0. The van der Waals surface area contributed by atoms with Crippen molar-refractivity contribution in [1.82, 2.24) is 24.1 Å². The van der Waals surface area contributed by atoms with Crippen molar-refractivity contribution in [3.05, 3.63) is 35.9 Å². The predicted octanol–water partition coefficient (Wildman–Crippen LogP) is 0.194. The fourth-order valence-corrected chi connectivity index (χ4v) is 3.41. The summed E-state index contributed by atoms with van der Waals surface area (Å²) in [5.74, 6) is 0.0384. The summed E-state index contributed by atoms with van der Waals surface area (Å²) < 4.78 is 7.05. The Bertz CT molecular complexity index is 819. The average Bonchev–Trinajstić information content (AvgIpc) is 3.08. The second kappa shape index (κ2) is 7.05. The van der Waals surface area contributed by atoms with E-state index in [1.54, 1.807) is 15.5 Å². The zero-order valence-corrected chi connectivity index (χ0v) is 14.9. The van der Waals surface area contributed by atoms with Gasteiger partial charge in [0.05, 0.1) is 18.7 Å². The molecule has 0 N–H and O–H groups in total. The van der Waals surface area contributed by atoms with Crippen LogP contribution in [0.2, 0.25) is 0 Å². The summed E-state index contributed by atoms with van der Waals surface area (Å²) in [4.78, 5) is 36.2. The van der Waals surface area contributed by atoms with Gasteiger partial charge in [-0.05, 0) is 19.2 Å². The molecule has 2 amide bonds. The number of aromatic nitrogens is 2. The van der Waals surface area contributed by atoms with E-state index in [4.69, 9.17) is 4.74 Å². The first kappa shape index (κ1) is 17.0. The Morgan fingerprint density at radius 1 is 0.962 bits per heavy atom. The van der Waals surface area contributed by atoms with Crippen molar-refractivity contribution in [3.63, 3.8) is 0 Å². The molecular formula is C18H23N5O3. The first-order chi connectivity index (χ1) is 12.6. The van der Waals surface area contributed by atoms with Crippen molar-refractivity contribution >= 4 is 17.3 Å². The summed E-state index contributed by atoms with van der Waals surface area (Å²) >= 11 is 0. The molecule has 0 aliphatic carbocycles. The molecule has 4 rings (SSSR count). The highest BCUT2D eigenvalue weighted by molar-refractivity contribution is 6.02. The number of pyridine rings is 1. The van der Waals surface area contributed by atoms with Crippen molar-refractivity contribution in [1.29, 1.82) is 0 Å². The molecule has 8 heteroatoms. The minimum absolute atomic E-state index is 0.125. The third kappa shape index (κ3) is 3.06. The van der Waals surface area contributed by atoms with Crippen LogP contribution in [0.3, 0.4) is 0 Å². The summed E-state index contributed by atoms with van der Waals surface area (Å²) in [5, 5.41) is 0. The van der Waals surface area contributed by atoms with E-state index in [2.05, 4.69) is 9.88 Å². The molecule has 26 heavy (non-hydrogen) atoms. The second-order valence-electron chi connectivity index (χ2n) is 6.74. The third-order valence-electron chi connectivity index (χ3n) is 5.03. The number of hydrogen-bond donors (Lipinski definition) is 0. The summed E-state index contributed by atoms with van der Waals surface area (Å²) in [7, 11) is 2.05. The van der Waals surface area contributed by atoms with Crippen LogP contribution < -0.4 is 0 Å². The number of ether oxygens (including phenoxy) is 1. The van der Waals surface area contributed by atoms with Gasteiger partial charge in [0, 0.05) is 45.5 Å². The van der Waals surface area contributed by atoms with E-state index in [1.165, 1.54) is 0 Å². The normalized spacial score (nSPS) is 19.1. The molecule has 2 aromatic heterocycles. The molecule has 4 heterocycles. The van der Waals surface area contributed by atoms with Crippen molar-refractivity contribution in [2.75, 3.05) is 59.5 Å². The monoisotopic (exact) mass is 357 g/mol.